The molecule has 6 rings (SSSR count). The van der Waals surface area contributed by atoms with Crippen LogP contribution in [0.15, 0.2) is 48.2 Å². The van der Waals surface area contributed by atoms with Gasteiger partial charge in [0.15, 0.2) is 0 Å². The van der Waals surface area contributed by atoms with E-state index in [1.54, 1.807) is 11.0 Å². The van der Waals surface area contributed by atoms with E-state index in [0.717, 1.165) is 18.4 Å². The van der Waals surface area contributed by atoms with Gasteiger partial charge in [0.05, 0.1) is 17.9 Å². The molecule has 2 fully saturated rings. The minimum Gasteiger partial charge on any atom is -0.493 e. The van der Waals surface area contributed by atoms with Gasteiger partial charge in [-0.1, -0.05) is 32.0 Å². The van der Waals surface area contributed by atoms with Crippen LogP contribution in [0, 0.1) is 24.1 Å². The highest BCUT2D eigenvalue weighted by atomic mass is 19.1. The summed E-state index contributed by atoms with van der Waals surface area (Å²) < 4.78 is 20.1. The number of amides is 1. The van der Waals surface area contributed by atoms with Crippen LogP contribution in [0.25, 0.3) is 0 Å². The van der Waals surface area contributed by atoms with Crippen molar-refractivity contribution in [1.82, 2.24) is 10.3 Å². The van der Waals surface area contributed by atoms with Gasteiger partial charge in [-0.3, -0.25) is 9.80 Å². The Morgan fingerprint density at radius 3 is 2.65 bits per heavy atom. The minimum atomic E-state index is -0.434. The van der Waals surface area contributed by atoms with Crippen LogP contribution in [0.1, 0.15) is 55.1 Å². The molecule has 0 bridgehead atoms. The average molecular weight is 464 g/mol. The summed E-state index contributed by atoms with van der Waals surface area (Å²) in [4.78, 5) is 14.7. The summed E-state index contributed by atoms with van der Waals surface area (Å²) in [5.74, 6) is 0.484. The van der Waals surface area contributed by atoms with Crippen molar-refractivity contribution in [2.75, 3.05) is 24.7 Å². The Kier molecular flexibility index (Phi) is 5.88. The lowest BCUT2D eigenvalue weighted by molar-refractivity contribution is -0.0671. The highest BCUT2D eigenvalue weighted by molar-refractivity contribution is 5.95. The molecule has 5 nitrogen and oxygen atoms in total. The third-order valence-electron chi connectivity index (χ3n) is 7.49. The number of nitrogens with one attached hydrogen (secondary N) is 1. The number of rotatable bonds is 3. The number of likely N-dealkylation sites (tertiary alicyclic amines) is 1. The molecular formula is C28H34FN3O2. The van der Waals surface area contributed by atoms with Gasteiger partial charge in [-0.05, 0) is 56.5 Å². The first-order chi connectivity index (χ1) is 16.4. The molecule has 4 aliphatic rings. The number of aryl methyl sites for hydroxylation is 1. The van der Waals surface area contributed by atoms with Crippen molar-refractivity contribution in [3.05, 3.63) is 70.7 Å². The molecule has 1 N–H and O–H groups in total. The number of carbonyl (C=O) groups excluding carboxylic acids is 1. The molecular weight excluding hydrogens is 429 g/mol. The van der Waals surface area contributed by atoms with Crippen molar-refractivity contribution in [2.45, 2.75) is 53.0 Å². The maximum atomic E-state index is 14.5. The first kappa shape index (κ1) is 22.9. The number of hydrazine groups is 1. The van der Waals surface area contributed by atoms with Crippen molar-refractivity contribution < 1.29 is 13.9 Å². The summed E-state index contributed by atoms with van der Waals surface area (Å²) in [7, 11) is 0. The Morgan fingerprint density at radius 1 is 1.18 bits per heavy atom. The molecule has 34 heavy (non-hydrogen) atoms. The van der Waals surface area contributed by atoms with Gasteiger partial charge < -0.3 is 9.64 Å². The smallest absolute Gasteiger partial charge is 0.257 e. The van der Waals surface area contributed by atoms with Crippen molar-refractivity contribution in [1.29, 1.82) is 0 Å². The highest BCUT2D eigenvalue weighted by Crippen LogP contribution is 2.55. The van der Waals surface area contributed by atoms with Crippen molar-refractivity contribution >= 4 is 11.6 Å². The molecule has 180 valence electrons. The van der Waals surface area contributed by atoms with Crippen molar-refractivity contribution in [3.63, 3.8) is 0 Å². The van der Waals surface area contributed by atoms with Crippen LogP contribution in [0.5, 0.6) is 5.75 Å². The van der Waals surface area contributed by atoms with Gasteiger partial charge in [0, 0.05) is 48.1 Å². The quantitative estimate of drug-likeness (QED) is 0.676. The number of fused-ring (bicyclic) bond motifs is 1. The molecule has 0 aromatic heterocycles. The number of hydrogen-bond donors (Lipinski definition) is 1. The fourth-order valence-electron chi connectivity index (χ4n) is 5.88. The molecule has 3 aliphatic heterocycles. The van der Waals surface area contributed by atoms with Gasteiger partial charge in [0.2, 0.25) is 0 Å². The second-order valence-corrected chi connectivity index (χ2v) is 9.94. The van der Waals surface area contributed by atoms with Gasteiger partial charge in [-0.25, -0.2) is 9.82 Å². The third-order valence-corrected chi connectivity index (χ3v) is 7.49. The fourth-order valence-corrected chi connectivity index (χ4v) is 5.88. The third kappa shape index (κ3) is 3.78. The molecule has 3 heterocycles. The standard InChI is InChI=1S/C26H28FN3O2.C2H6/c1-16-5-3-4-6-22(16)30-23(9-17(2)28-30)19-12-26(13-19)14-29(15-26)25(31)20-11-24-18(7-8-32-24)10-21(20)27;1-2/h3-6,9-11,17,19,28H,7-8,12-15H2,1-2H3;1-2H3. The van der Waals surface area contributed by atoms with E-state index in [2.05, 4.69) is 54.6 Å². The largest absolute Gasteiger partial charge is 0.493 e. The Bertz CT molecular complexity index is 1130. The summed E-state index contributed by atoms with van der Waals surface area (Å²) in [6.45, 7) is 10.3. The highest BCUT2D eigenvalue weighted by Gasteiger charge is 2.55. The molecule has 1 atom stereocenters. The van der Waals surface area contributed by atoms with Crippen LogP contribution in [0.4, 0.5) is 10.1 Å². The van der Waals surface area contributed by atoms with E-state index in [1.165, 1.54) is 23.0 Å². The van der Waals surface area contributed by atoms with Gasteiger partial charge >= 0.3 is 0 Å². The summed E-state index contributed by atoms with van der Waals surface area (Å²) in [5, 5.41) is 2.25. The normalized spacial score (nSPS) is 22.3. The van der Waals surface area contributed by atoms with Gasteiger partial charge in [0.1, 0.15) is 11.6 Å². The molecule has 0 radical (unpaired) electrons. The molecule has 1 spiro atoms. The predicted octanol–water partition coefficient (Wildman–Crippen LogP) is 5.24. The number of para-hydroxylation sites is 1. The fraction of sp³-hybridized carbons (Fsp3) is 0.464. The van der Waals surface area contributed by atoms with Crippen molar-refractivity contribution in [3.8, 4) is 5.75 Å². The lowest BCUT2D eigenvalue weighted by Gasteiger charge is -2.59. The number of nitrogens with zero attached hydrogens (tertiary/aromatic N) is 2. The molecule has 1 unspecified atom stereocenters. The molecule has 2 aromatic carbocycles. The number of ether oxygens (including phenoxy) is 1. The summed E-state index contributed by atoms with van der Waals surface area (Å²) in [6.07, 6.45) is 5.16. The molecule has 2 aromatic rings. The molecule has 6 heteroatoms. The first-order valence-corrected chi connectivity index (χ1v) is 12.5. The van der Waals surface area contributed by atoms with E-state index in [0.29, 0.717) is 43.8 Å². The van der Waals surface area contributed by atoms with Gasteiger partial charge in [0.25, 0.3) is 5.91 Å². The van der Waals surface area contributed by atoms with Gasteiger partial charge in [-0.15, -0.1) is 0 Å². The van der Waals surface area contributed by atoms with Crippen LogP contribution in [0.2, 0.25) is 0 Å². The van der Waals surface area contributed by atoms with E-state index < -0.39 is 5.82 Å². The van der Waals surface area contributed by atoms with Crippen LogP contribution >= 0.6 is 0 Å². The van der Waals surface area contributed by atoms with E-state index in [1.807, 2.05) is 13.8 Å². The number of allylic oxidation sites excluding steroid dienone is 1. The molecule has 1 saturated heterocycles. The lowest BCUT2D eigenvalue weighted by atomic mass is 9.56. The van der Waals surface area contributed by atoms with E-state index in [-0.39, 0.29) is 16.9 Å². The van der Waals surface area contributed by atoms with Crippen LogP contribution in [-0.4, -0.2) is 36.5 Å². The number of benzene rings is 2. The molecule has 1 aliphatic carbocycles. The van der Waals surface area contributed by atoms with Crippen LogP contribution in [-0.2, 0) is 6.42 Å². The topological polar surface area (TPSA) is 44.8 Å². The van der Waals surface area contributed by atoms with Crippen LogP contribution in [0.3, 0.4) is 0 Å². The second kappa shape index (κ2) is 8.73. The maximum absolute atomic E-state index is 14.5. The zero-order chi connectivity index (χ0) is 24.0. The summed E-state index contributed by atoms with van der Waals surface area (Å²) in [5.41, 5.74) is 8.52. The maximum Gasteiger partial charge on any atom is 0.257 e. The Balaban J connectivity index is 0.00000117. The summed E-state index contributed by atoms with van der Waals surface area (Å²) >= 11 is 0. The Labute approximate surface area is 201 Å². The lowest BCUT2D eigenvalue weighted by Crippen LogP contribution is -2.64. The van der Waals surface area contributed by atoms with Crippen molar-refractivity contribution in [2.24, 2.45) is 11.3 Å². The molecule has 1 saturated carbocycles. The summed E-state index contributed by atoms with van der Waals surface area (Å²) in [6, 6.07) is 11.8. The molecule has 1 amide bonds. The van der Waals surface area contributed by atoms with Crippen LogP contribution < -0.4 is 15.2 Å². The average Bonchev–Trinajstić information content (AvgIpc) is 3.38. The Morgan fingerprint density at radius 2 is 1.91 bits per heavy atom. The van der Waals surface area contributed by atoms with E-state index in [4.69, 9.17) is 4.74 Å². The number of hydrogen-bond acceptors (Lipinski definition) is 4. The van der Waals surface area contributed by atoms with Gasteiger partial charge in [-0.2, -0.15) is 0 Å². The minimum absolute atomic E-state index is 0.138. The second-order valence-electron chi connectivity index (χ2n) is 9.94. The monoisotopic (exact) mass is 463 g/mol. The number of anilines is 1. The first-order valence-electron chi connectivity index (χ1n) is 12.5. The zero-order valence-electron chi connectivity index (χ0n) is 20.5. The van der Waals surface area contributed by atoms with E-state index >= 15 is 0 Å². The number of carbonyl (C=O) groups is 1. The zero-order valence-corrected chi connectivity index (χ0v) is 20.5. The van der Waals surface area contributed by atoms with E-state index in [9.17, 15) is 9.18 Å². The SMILES string of the molecule is CC.Cc1ccccc1N1NC(C)C=C1C1CC2(C1)CN(C(=O)c1cc3c(cc1F)CCO3)C2. The number of halogens is 1. The Hall–Kier alpha value is -2.86. The predicted molar refractivity (Wildman–Crippen MR) is 132 cm³/mol.